The van der Waals surface area contributed by atoms with Crippen LogP contribution in [0.15, 0.2) is 232 Å². The number of para-hydroxylation sites is 12. The Hall–Kier alpha value is -11.8. The van der Waals surface area contributed by atoms with Gasteiger partial charge in [0.15, 0.2) is 44.1 Å². The van der Waals surface area contributed by atoms with Crippen LogP contribution in [-0.2, 0) is 28.2 Å². The molecule has 16 aromatic rings. The number of rotatable bonds is 11. The topological polar surface area (TPSA) is 86.8 Å². The molecule has 0 amide bonds. The number of aromatic nitrogens is 12. The van der Waals surface area contributed by atoms with Gasteiger partial charge in [-0.05, 0) is 216 Å². The normalized spacial score (nSPS) is 11.4. The van der Waals surface area contributed by atoms with Crippen LogP contribution < -0.4 is 18.3 Å². The zero-order valence-electron chi connectivity index (χ0n) is 67.0. The quantitative estimate of drug-likeness (QED) is 0.121. The molecule has 0 saturated heterocycles. The molecular weight excluding hydrogens is 1320 g/mol. The highest BCUT2D eigenvalue weighted by Gasteiger charge is 2.35. The average Bonchev–Trinajstić information content (AvgIpc) is 1.60. The van der Waals surface area contributed by atoms with Gasteiger partial charge in [-0.25, -0.2) is 18.3 Å². The Morgan fingerprint density at radius 3 is 0.852 bits per heavy atom. The number of hydrogen-bond donors (Lipinski definition) is 0. The molecule has 0 aliphatic rings. The number of aryl methyl sites for hydroxylation is 11. The summed E-state index contributed by atoms with van der Waals surface area (Å²) in [5.41, 5.74) is 37.2. The molecule has 0 spiro atoms. The lowest BCUT2D eigenvalue weighted by molar-refractivity contribution is -0.634. The van der Waals surface area contributed by atoms with Gasteiger partial charge in [-0.2, -0.15) is 18.3 Å². The van der Waals surface area contributed by atoms with E-state index in [0.29, 0.717) is 17.8 Å². The van der Waals surface area contributed by atoms with E-state index in [1.165, 1.54) is 173 Å². The Labute approximate surface area is 638 Å². The van der Waals surface area contributed by atoms with Crippen LogP contribution in [-0.4, -0.2) is 38.2 Å². The molecule has 0 radical (unpaired) electrons. The van der Waals surface area contributed by atoms with Crippen molar-refractivity contribution in [3.63, 3.8) is 0 Å². The number of nitrogens with zero attached hydrogens (tertiary/aromatic N) is 12. The lowest BCUT2D eigenvalue weighted by Gasteiger charge is -2.18. The van der Waals surface area contributed by atoms with Crippen molar-refractivity contribution in [2.45, 2.75) is 135 Å². The van der Waals surface area contributed by atoms with E-state index in [9.17, 15) is 0 Å². The van der Waals surface area contributed by atoms with Crippen LogP contribution >= 0.6 is 0 Å². The summed E-state index contributed by atoms with van der Waals surface area (Å²) >= 11 is 0. The second-order valence-corrected chi connectivity index (χ2v) is 30.2. The van der Waals surface area contributed by atoms with Crippen molar-refractivity contribution in [1.82, 2.24) is 38.2 Å². The van der Waals surface area contributed by atoms with Crippen LogP contribution in [0.1, 0.15) is 137 Å². The van der Waals surface area contributed by atoms with Crippen molar-refractivity contribution in [2.75, 3.05) is 0 Å². The zero-order valence-corrected chi connectivity index (χ0v) is 67.0. The first kappa shape index (κ1) is 74.5. The second kappa shape index (κ2) is 31.0. The second-order valence-electron chi connectivity index (χ2n) is 30.2. The van der Waals surface area contributed by atoms with Crippen molar-refractivity contribution in [3.05, 3.63) is 309 Å². The van der Waals surface area contributed by atoms with Gasteiger partial charge < -0.3 is 0 Å². The predicted octanol–water partition coefficient (Wildman–Crippen LogP) is 20.8. The summed E-state index contributed by atoms with van der Waals surface area (Å²) < 4.78 is 18.8. The molecule has 12 heteroatoms. The van der Waals surface area contributed by atoms with Crippen molar-refractivity contribution in [2.24, 2.45) is 28.2 Å². The van der Waals surface area contributed by atoms with E-state index < -0.39 is 0 Å². The van der Waals surface area contributed by atoms with E-state index in [2.05, 4.69) is 384 Å². The monoisotopic (exact) mass is 1420 g/mol. The van der Waals surface area contributed by atoms with Crippen LogP contribution in [0.25, 0.3) is 112 Å². The molecular formula is C96H104N12+4. The summed E-state index contributed by atoms with van der Waals surface area (Å²) in [4.78, 5) is 18.0. The lowest BCUT2D eigenvalue weighted by Crippen LogP contribution is -2.30. The van der Waals surface area contributed by atoms with Gasteiger partial charge in [0.25, 0.3) is 23.3 Å². The molecule has 12 nitrogen and oxygen atoms in total. The van der Waals surface area contributed by atoms with Crippen LogP contribution in [0, 0.1) is 76.2 Å². The molecule has 544 valence electrons. The maximum absolute atomic E-state index is 4.56. The molecule has 0 atom stereocenters. The molecule has 0 saturated carbocycles. The smallest absolute Gasteiger partial charge is 0.263 e. The molecule has 0 unspecified atom stereocenters. The average molecular weight is 1430 g/mol. The number of benzene rings is 8. The molecule has 0 fully saturated rings. The molecule has 0 bridgehead atoms. The molecule has 8 aromatic heterocycles. The van der Waals surface area contributed by atoms with Gasteiger partial charge in [-0.1, -0.05) is 163 Å². The van der Waals surface area contributed by atoms with Crippen molar-refractivity contribution >= 4 is 44.1 Å². The summed E-state index contributed by atoms with van der Waals surface area (Å²) in [6, 6.07) is 65.0. The van der Waals surface area contributed by atoms with Crippen molar-refractivity contribution in [3.8, 4) is 68.3 Å². The first-order chi connectivity index (χ1) is 51.9. The Morgan fingerprint density at radius 2 is 0.500 bits per heavy atom. The number of pyridine rings is 4. The SMILES string of the molecule is Cc1ccccc1-n1c(-c2cncc(C)c2C)[n+](C)c2ccccc21.Cc1cncc(-c2n(-c3c(C(C)C)cccc3C(C)C)c3ccccc3[n+]2C)c1C.Cc1cncc(-c2n(-c3c(C)cccc3C)c3ccccc3[n+]2C)c1C.Cc1cncc(-c2n(-c3ccccc3C(C)C)c3ccccc3[n+]2C)c1C. The third-order valence-electron chi connectivity index (χ3n) is 22.3. The number of imidazole rings is 4. The fourth-order valence-corrected chi connectivity index (χ4v) is 15.7. The molecule has 16 rings (SSSR count). The highest BCUT2D eigenvalue weighted by Crippen LogP contribution is 2.40. The first-order valence-electron chi connectivity index (χ1n) is 37.9. The maximum atomic E-state index is 4.56. The molecule has 0 N–H and O–H groups in total. The van der Waals surface area contributed by atoms with Gasteiger partial charge in [0, 0.05) is 66.3 Å². The highest BCUT2D eigenvalue weighted by molar-refractivity contribution is 5.84. The Morgan fingerprint density at radius 1 is 0.241 bits per heavy atom. The summed E-state index contributed by atoms with van der Waals surface area (Å²) in [5, 5.41) is 0. The predicted molar refractivity (Wildman–Crippen MR) is 445 cm³/mol. The lowest BCUT2D eigenvalue weighted by atomic mass is 9.92. The highest BCUT2D eigenvalue weighted by atomic mass is 15.2. The largest absolute Gasteiger partial charge is 0.296 e. The fraction of sp³-hybridized carbons (Fsp3) is 0.250. The van der Waals surface area contributed by atoms with Gasteiger partial charge in [-0.15, -0.1) is 0 Å². The maximum Gasteiger partial charge on any atom is 0.296 e. The van der Waals surface area contributed by atoms with E-state index in [4.69, 9.17) is 0 Å². The van der Waals surface area contributed by atoms with E-state index in [-0.39, 0.29) is 0 Å². The fourth-order valence-electron chi connectivity index (χ4n) is 15.7. The number of fused-ring (bicyclic) bond motifs is 4. The first-order valence-corrected chi connectivity index (χ1v) is 37.9. The molecule has 8 heterocycles. The Balaban J connectivity index is 0.000000127. The zero-order chi connectivity index (χ0) is 76.7. The van der Waals surface area contributed by atoms with Gasteiger partial charge in [-0.3, -0.25) is 19.9 Å². The van der Waals surface area contributed by atoms with Crippen LogP contribution in [0.2, 0.25) is 0 Å². The minimum atomic E-state index is 0.426. The van der Waals surface area contributed by atoms with Crippen LogP contribution in [0.3, 0.4) is 0 Å². The molecule has 0 aliphatic carbocycles. The van der Waals surface area contributed by atoms with E-state index in [1.807, 2.05) is 49.6 Å². The van der Waals surface area contributed by atoms with Gasteiger partial charge in [0.1, 0.15) is 22.7 Å². The summed E-state index contributed by atoms with van der Waals surface area (Å²) in [6.45, 7) is 37.4. The minimum absolute atomic E-state index is 0.426. The minimum Gasteiger partial charge on any atom is -0.263 e. The number of hydrogen-bond acceptors (Lipinski definition) is 4. The van der Waals surface area contributed by atoms with Crippen molar-refractivity contribution < 1.29 is 18.3 Å². The van der Waals surface area contributed by atoms with Gasteiger partial charge in [0.2, 0.25) is 0 Å². The molecule has 108 heavy (non-hydrogen) atoms. The van der Waals surface area contributed by atoms with Gasteiger partial charge >= 0.3 is 0 Å². The summed E-state index contributed by atoms with van der Waals surface area (Å²) in [6.07, 6.45) is 15.7. The third-order valence-corrected chi connectivity index (χ3v) is 22.3. The van der Waals surface area contributed by atoms with Crippen LogP contribution in [0.4, 0.5) is 0 Å². The third kappa shape index (κ3) is 13.5. The van der Waals surface area contributed by atoms with E-state index >= 15 is 0 Å². The summed E-state index contributed by atoms with van der Waals surface area (Å²) in [5.74, 6) is 5.96. The van der Waals surface area contributed by atoms with E-state index in [1.54, 1.807) is 0 Å². The van der Waals surface area contributed by atoms with Gasteiger partial charge in [0.05, 0.1) is 50.4 Å². The molecule has 0 aliphatic heterocycles. The standard InChI is InChI=1S/C27H32N3.C24H26N3.C23H24N3.C22H22N3/c1-17(2)21-11-10-12-22(18(3)4)26(21)30-25-14-9-8-13-24(25)29(7)27(30)23-16-28-15-19(5)20(23)6;1-16(2)19-10-6-7-11-21(19)27-23-13-9-8-12-22(23)26(5)24(27)20-15-25-14-17(3)18(20)4;1-15-9-8-10-16(2)22(15)26-21-12-7-6-11-20(21)25(5)23(26)19-14-24-13-17(3)18(19)4;1-15-9-5-6-10-19(15)25-21-12-8-7-11-20(21)24(4)22(25)18-14-23-13-16(2)17(18)3/h8-18H,1-7H3;6-16H,1-5H3;6-14H,1-5H3;5-14H,1-4H3/q4*+1. The summed E-state index contributed by atoms with van der Waals surface area (Å²) in [7, 11) is 8.59. The Bertz CT molecular complexity index is 6020. The van der Waals surface area contributed by atoms with E-state index in [0.717, 1.165) is 17.5 Å². The molecule has 8 aromatic carbocycles. The Kier molecular flexibility index (Phi) is 21.4. The van der Waals surface area contributed by atoms with Crippen molar-refractivity contribution in [1.29, 1.82) is 0 Å². The van der Waals surface area contributed by atoms with Crippen LogP contribution in [0.5, 0.6) is 0 Å².